The second-order valence-corrected chi connectivity index (χ2v) is 5.53. The molecule has 16 heavy (non-hydrogen) atoms. The Balaban J connectivity index is 2.07. The molecule has 1 saturated carbocycles. The zero-order valence-corrected chi connectivity index (χ0v) is 10.3. The van der Waals surface area contributed by atoms with Gasteiger partial charge in [-0.3, -0.25) is 4.57 Å². The summed E-state index contributed by atoms with van der Waals surface area (Å²) in [7, 11) is 1.73. The third-order valence-corrected chi connectivity index (χ3v) is 4.56. The molecule has 2 rings (SSSR count). The first-order valence-corrected chi connectivity index (χ1v) is 6.60. The second-order valence-electron chi connectivity index (χ2n) is 4.33. The van der Waals surface area contributed by atoms with Gasteiger partial charge < -0.3 is 5.73 Å². The SMILES string of the molecule is Cn1c(SC2CCCCCC2N)n[nH]c1=O. The third kappa shape index (κ3) is 2.49. The molecule has 0 amide bonds. The van der Waals surface area contributed by atoms with Gasteiger partial charge in [0.1, 0.15) is 0 Å². The molecular weight excluding hydrogens is 224 g/mol. The fourth-order valence-corrected chi connectivity index (χ4v) is 3.23. The summed E-state index contributed by atoms with van der Waals surface area (Å²) in [5.41, 5.74) is 5.98. The first kappa shape index (κ1) is 11.7. The van der Waals surface area contributed by atoms with Crippen molar-refractivity contribution < 1.29 is 0 Å². The number of H-pyrrole nitrogens is 1. The maximum atomic E-state index is 11.2. The molecule has 0 bridgehead atoms. The van der Waals surface area contributed by atoms with Crippen LogP contribution in [-0.2, 0) is 7.05 Å². The smallest absolute Gasteiger partial charge is 0.327 e. The highest BCUT2D eigenvalue weighted by Crippen LogP contribution is 2.30. The van der Waals surface area contributed by atoms with Gasteiger partial charge in [-0.2, -0.15) is 0 Å². The molecule has 0 radical (unpaired) electrons. The van der Waals surface area contributed by atoms with Crippen LogP contribution in [0.1, 0.15) is 32.1 Å². The molecule has 3 N–H and O–H groups in total. The number of nitrogens with two attached hydrogens (primary N) is 1. The Morgan fingerprint density at radius 2 is 2.19 bits per heavy atom. The normalized spacial score (nSPS) is 26.6. The van der Waals surface area contributed by atoms with E-state index in [1.54, 1.807) is 23.4 Å². The molecule has 2 unspecified atom stereocenters. The number of hydrogen-bond donors (Lipinski definition) is 2. The number of hydrogen-bond acceptors (Lipinski definition) is 4. The quantitative estimate of drug-likeness (QED) is 0.754. The molecule has 0 saturated heterocycles. The Bertz CT molecular complexity index is 400. The van der Waals surface area contributed by atoms with Gasteiger partial charge >= 0.3 is 5.69 Å². The van der Waals surface area contributed by atoms with Crippen LogP contribution >= 0.6 is 11.8 Å². The lowest BCUT2D eigenvalue weighted by Gasteiger charge is -2.19. The fraction of sp³-hybridized carbons (Fsp3) is 0.800. The average molecular weight is 242 g/mol. The van der Waals surface area contributed by atoms with Crippen molar-refractivity contribution in [1.82, 2.24) is 14.8 Å². The molecule has 1 aliphatic rings. The summed E-state index contributed by atoms with van der Waals surface area (Å²) in [5, 5.41) is 7.59. The summed E-state index contributed by atoms with van der Waals surface area (Å²) in [5.74, 6) is 0. The van der Waals surface area contributed by atoms with E-state index in [4.69, 9.17) is 5.73 Å². The average Bonchev–Trinajstić information content (AvgIpc) is 2.48. The van der Waals surface area contributed by atoms with Gasteiger partial charge in [0, 0.05) is 18.3 Å². The van der Waals surface area contributed by atoms with Crippen LogP contribution in [0.25, 0.3) is 0 Å². The number of nitrogens with one attached hydrogen (secondary N) is 1. The molecule has 0 aromatic carbocycles. The Hall–Kier alpha value is -0.750. The lowest BCUT2D eigenvalue weighted by Crippen LogP contribution is -2.31. The summed E-state index contributed by atoms with van der Waals surface area (Å²) in [6.45, 7) is 0. The van der Waals surface area contributed by atoms with Crippen molar-refractivity contribution in [3.05, 3.63) is 10.5 Å². The molecule has 6 heteroatoms. The van der Waals surface area contributed by atoms with E-state index >= 15 is 0 Å². The summed E-state index contributed by atoms with van der Waals surface area (Å²) < 4.78 is 1.54. The number of rotatable bonds is 2. The first-order chi connectivity index (χ1) is 7.68. The molecule has 5 nitrogen and oxygen atoms in total. The molecule has 0 aliphatic heterocycles. The lowest BCUT2D eigenvalue weighted by molar-refractivity contribution is 0.593. The highest BCUT2D eigenvalue weighted by molar-refractivity contribution is 7.99. The van der Waals surface area contributed by atoms with Gasteiger partial charge in [0.05, 0.1) is 0 Å². The maximum Gasteiger partial charge on any atom is 0.343 e. The minimum Gasteiger partial charge on any atom is -0.327 e. The van der Waals surface area contributed by atoms with Crippen LogP contribution in [0.15, 0.2) is 9.95 Å². The molecule has 1 aromatic heterocycles. The fourth-order valence-electron chi connectivity index (χ4n) is 2.02. The van der Waals surface area contributed by atoms with Crippen LogP contribution in [0, 0.1) is 0 Å². The van der Waals surface area contributed by atoms with Crippen LogP contribution in [-0.4, -0.2) is 26.1 Å². The predicted molar refractivity (Wildman–Crippen MR) is 64.5 cm³/mol. The molecule has 1 aromatic rings. The van der Waals surface area contributed by atoms with Crippen molar-refractivity contribution in [2.24, 2.45) is 12.8 Å². The van der Waals surface area contributed by atoms with E-state index in [1.165, 1.54) is 19.3 Å². The molecule has 1 heterocycles. The van der Waals surface area contributed by atoms with E-state index in [0.29, 0.717) is 5.25 Å². The van der Waals surface area contributed by atoms with Crippen molar-refractivity contribution in [2.75, 3.05) is 0 Å². The molecule has 1 fully saturated rings. The van der Waals surface area contributed by atoms with E-state index in [0.717, 1.165) is 18.0 Å². The van der Waals surface area contributed by atoms with Gasteiger partial charge in [0.25, 0.3) is 0 Å². The molecule has 2 atom stereocenters. The molecule has 0 spiro atoms. The first-order valence-electron chi connectivity index (χ1n) is 5.72. The number of aromatic nitrogens is 3. The summed E-state index contributed by atoms with van der Waals surface area (Å²) in [6.07, 6.45) is 5.91. The monoisotopic (exact) mass is 242 g/mol. The number of nitrogens with zero attached hydrogens (tertiary/aromatic N) is 2. The second kappa shape index (κ2) is 5.05. The van der Waals surface area contributed by atoms with E-state index in [1.807, 2.05) is 0 Å². The Labute approximate surface area is 98.8 Å². The van der Waals surface area contributed by atoms with Gasteiger partial charge in [-0.05, 0) is 12.8 Å². The van der Waals surface area contributed by atoms with Crippen molar-refractivity contribution in [3.8, 4) is 0 Å². The van der Waals surface area contributed by atoms with Crippen LogP contribution < -0.4 is 11.4 Å². The lowest BCUT2D eigenvalue weighted by atomic mass is 10.1. The topological polar surface area (TPSA) is 76.7 Å². The zero-order chi connectivity index (χ0) is 11.5. The van der Waals surface area contributed by atoms with Crippen molar-refractivity contribution in [3.63, 3.8) is 0 Å². The number of aromatic amines is 1. The van der Waals surface area contributed by atoms with E-state index in [2.05, 4.69) is 10.2 Å². The Kier molecular flexibility index (Phi) is 3.70. The van der Waals surface area contributed by atoms with E-state index in [-0.39, 0.29) is 11.7 Å². The van der Waals surface area contributed by atoms with Crippen molar-refractivity contribution in [2.45, 2.75) is 48.6 Å². The Morgan fingerprint density at radius 3 is 2.88 bits per heavy atom. The van der Waals surface area contributed by atoms with Gasteiger partial charge in [-0.1, -0.05) is 31.0 Å². The standard InChI is InChI=1S/C10H18N4OS/c1-14-9(15)12-13-10(14)16-8-6-4-2-3-5-7(8)11/h7-8H,2-6,11H2,1H3,(H,12,15). The highest BCUT2D eigenvalue weighted by atomic mass is 32.2. The molecular formula is C10H18N4OS. The van der Waals surface area contributed by atoms with Crippen LogP contribution in [0.5, 0.6) is 0 Å². The van der Waals surface area contributed by atoms with E-state index in [9.17, 15) is 4.79 Å². The maximum absolute atomic E-state index is 11.2. The predicted octanol–water partition coefficient (Wildman–Crippen LogP) is 0.861. The summed E-state index contributed by atoms with van der Waals surface area (Å²) in [4.78, 5) is 11.2. The van der Waals surface area contributed by atoms with Gasteiger partial charge in [-0.15, -0.1) is 5.10 Å². The molecule has 90 valence electrons. The van der Waals surface area contributed by atoms with Gasteiger partial charge in [0.15, 0.2) is 5.16 Å². The summed E-state index contributed by atoms with van der Waals surface area (Å²) >= 11 is 1.63. The highest BCUT2D eigenvalue weighted by Gasteiger charge is 2.23. The number of thioether (sulfide) groups is 1. The zero-order valence-electron chi connectivity index (χ0n) is 9.48. The van der Waals surface area contributed by atoms with E-state index < -0.39 is 0 Å². The van der Waals surface area contributed by atoms with Gasteiger partial charge in [0.2, 0.25) is 0 Å². The van der Waals surface area contributed by atoms with Crippen molar-refractivity contribution in [1.29, 1.82) is 0 Å². The minimum atomic E-state index is -0.162. The van der Waals surface area contributed by atoms with Crippen LogP contribution in [0.4, 0.5) is 0 Å². The minimum absolute atomic E-state index is 0.162. The van der Waals surface area contributed by atoms with Gasteiger partial charge in [-0.25, -0.2) is 9.89 Å². The van der Waals surface area contributed by atoms with Crippen LogP contribution in [0.2, 0.25) is 0 Å². The van der Waals surface area contributed by atoms with Crippen LogP contribution in [0.3, 0.4) is 0 Å². The largest absolute Gasteiger partial charge is 0.343 e. The summed E-state index contributed by atoms with van der Waals surface area (Å²) in [6, 6.07) is 0.222. The Morgan fingerprint density at radius 1 is 1.44 bits per heavy atom. The third-order valence-electron chi connectivity index (χ3n) is 3.10. The molecule has 1 aliphatic carbocycles. The van der Waals surface area contributed by atoms with Crippen molar-refractivity contribution >= 4 is 11.8 Å².